The number of nitrogens with zero attached hydrogens (tertiary/aromatic N) is 3. The van der Waals surface area contributed by atoms with E-state index in [1.54, 1.807) is 7.05 Å². The van der Waals surface area contributed by atoms with Gasteiger partial charge in [0.2, 0.25) is 0 Å². The molecule has 3 atom stereocenters. The summed E-state index contributed by atoms with van der Waals surface area (Å²) in [4.78, 5) is 9.66. The molecule has 3 unspecified atom stereocenters. The molecule has 1 saturated heterocycles. The van der Waals surface area contributed by atoms with Gasteiger partial charge in [-0.3, -0.25) is 0 Å². The van der Waals surface area contributed by atoms with E-state index in [2.05, 4.69) is 21.1 Å². The fourth-order valence-corrected chi connectivity index (χ4v) is 4.22. The third-order valence-electron chi connectivity index (χ3n) is 6.12. The van der Waals surface area contributed by atoms with E-state index in [0.717, 1.165) is 28.9 Å². The van der Waals surface area contributed by atoms with Crippen molar-refractivity contribution in [3.63, 3.8) is 0 Å². The van der Waals surface area contributed by atoms with Crippen LogP contribution in [0.25, 0.3) is 22.6 Å². The Hall–Kier alpha value is -3.08. The number of piperidine rings is 1. The molecule has 10 heteroatoms. The molecule has 2 aromatic heterocycles. The zero-order valence-corrected chi connectivity index (χ0v) is 20.6. The molecule has 0 radical (unpaired) electrons. The summed E-state index contributed by atoms with van der Waals surface area (Å²) < 4.78 is 25.8. The monoisotopic (exact) mass is 484 g/mol. The van der Waals surface area contributed by atoms with Gasteiger partial charge in [0.25, 0.3) is 0 Å². The number of hydrogen-bond donors (Lipinski definition) is 4. The van der Waals surface area contributed by atoms with E-state index in [0.29, 0.717) is 48.4 Å². The number of benzene rings is 1. The van der Waals surface area contributed by atoms with E-state index < -0.39 is 12.3 Å². The molecule has 0 saturated carbocycles. The van der Waals surface area contributed by atoms with Crippen LogP contribution in [0.1, 0.15) is 23.4 Å². The highest BCUT2D eigenvalue weighted by molar-refractivity contribution is 5.74. The average molecular weight is 485 g/mol. The van der Waals surface area contributed by atoms with Gasteiger partial charge >= 0.3 is 0 Å². The fourth-order valence-electron chi connectivity index (χ4n) is 4.22. The van der Waals surface area contributed by atoms with Crippen LogP contribution in [0.2, 0.25) is 0 Å². The Balaban J connectivity index is 1.73. The molecule has 1 aliphatic heterocycles. The smallest absolute Gasteiger partial charge is 0.162 e. The lowest BCUT2D eigenvalue weighted by Gasteiger charge is -2.28. The number of aryl methyl sites for hydroxylation is 2. The first-order valence-electron chi connectivity index (χ1n) is 11.9. The van der Waals surface area contributed by atoms with Crippen molar-refractivity contribution in [3.05, 3.63) is 41.3 Å². The summed E-state index contributed by atoms with van der Waals surface area (Å²) in [7, 11) is 1.77. The molecule has 1 aliphatic rings. The summed E-state index contributed by atoms with van der Waals surface area (Å²) in [6.07, 6.45) is -0.997. The molecule has 3 heterocycles. The number of nitrogens with one attached hydrogen (secondary N) is 3. The Morgan fingerprint density at radius 3 is 2.83 bits per heavy atom. The number of likely N-dealkylation sites (N-methyl/N-ethyl adjacent to an activating group) is 1. The van der Waals surface area contributed by atoms with E-state index in [9.17, 15) is 9.50 Å². The van der Waals surface area contributed by atoms with Crippen molar-refractivity contribution in [2.75, 3.05) is 38.6 Å². The van der Waals surface area contributed by atoms with Crippen LogP contribution < -0.4 is 20.7 Å². The molecule has 4 rings (SSSR count). The first-order valence-corrected chi connectivity index (χ1v) is 11.9. The number of halogens is 1. The molecular weight excluding hydrogens is 451 g/mol. The van der Waals surface area contributed by atoms with E-state index in [1.165, 1.54) is 0 Å². The number of alkyl halides is 1. The second kappa shape index (κ2) is 11.1. The molecule has 0 amide bonds. The highest BCUT2D eigenvalue weighted by atomic mass is 19.1. The van der Waals surface area contributed by atoms with Crippen LogP contribution >= 0.6 is 0 Å². The van der Waals surface area contributed by atoms with Crippen LogP contribution in [0.4, 0.5) is 10.2 Å². The van der Waals surface area contributed by atoms with Gasteiger partial charge < -0.3 is 30.3 Å². The summed E-state index contributed by atoms with van der Waals surface area (Å²) in [5, 5.41) is 23.4. The van der Waals surface area contributed by atoms with Crippen molar-refractivity contribution in [2.45, 2.75) is 45.5 Å². The first-order chi connectivity index (χ1) is 16.9. The Kier molecular flexibility index (Phi) is 7.94. The number of hydrogen-bond acceptors (Lipinski definition) is 9. The summed E-state index contributed by atoms with van der Waals surface area (Å²) in [6.45, 7) is 7.28. The number of aliphatic hydroxyl groups is 1. The van der Waals surface area contributed by atoms with Gasteiger partial charge in [0.1, 0.15) is 36.2 Å². The van der Waals surface area contributed by atoms with Crippen LogP contribution in [-0.2, 0) is 0 Å². The molecule has 1 aromatic carbocycles. The molecule has 0 bridgehead atoms. The van der Waals surface area contributed by atoms with Crippen LogP contribution in [0.3, 0.4) is 0 Å². The van der Waals surface area contributed by atoms with Crippen molar-refractivity contribution >= 4 is 5.82 Å². The van der Waals surface area contributed by atoms with E-state index >= 15 is 0 Å². The Morgan fingerprint density at radius 2 is 2.11 bits per heavy atom. The maximum atomic E-state index is 14.6. The molecule has 1 fully saturated rings. The second-order valence-corrected chi connectivity index (χ2v) is 8.88. The zero-order chi connectivity index (χ0) is 24.9. The molecular formula is C25H33FN6O3. The Bertz CT molecular complexity index is 1130. The third-order valence-corrected chi connectivity index (χ3v) is 6.12. The lowest BCUT2D eigenvalue weighted by molar-refractivity contribution is 0.108. The first kappa shape index (κ1) is 25.0. The van der Waals surface area contributed by atoms with Gasteiger partial charge in [0, 0.05) is 24.2 Å². The third kappa shape index (κ3) is 5.77. The van der Waals surface area contributed by atoms with Gasteiger partial charge in [-0.2, -0.15) is 0 Å². The normalized spacial score (nSPS) is 18.9. The number of rotatable bonds is 9. The van der Waals surface area contributed by atoms with Crippen LogP contribution in [0, 0.1) is 20.8 Å². The number of anilines is 1. The summed E-state index contributed by atoms with van der Waals surface area (Å²) >= 11 is 0. The second-order valence-electron chi connectivity index (χ2n) is 8.88. The predicted molar refractivity (Wildman–Crippen MR) is 132 cm³/mol. The van der Waals surface area contributed by atoms with Crippen LogP contribution in [0.15, 0.2) is 28.8 Å². The van der Waals surface area contributed by atoms with Gasteiger partial charge in [-0.1, -0.05) is 17.3 Å². The maximum absolute atomic E-state index is 14.6. The molecule has 188 valence electrons. The van der Waals surface area contributed by atoms with Crippen LogP contribution in [0.5, 0.6) is 5.75 Å². The molecule has 9 nitrogen and oxygen atoms in total. The Morgan fingerprint density at radius 1 is 1.29 bits per heavy atom. The van der Waals surface area contributed by atoms with E-state index in [1.807, 2.05) is 45.0 Å². The quantitative estimate of drug-likeness (QED) is 0.364. The van der Waals surface area contributed by atoms with Gasteiger partial charge in [-0.15, -0.1) is 0 Å². The zero-order valence-electron chi connectivity index (χ0n) is 20.6. The summed E-state index contributed by atoms with van der Waals surface area (Å²) in [5.41, 5.74) is 3.76. The average Bonchev–Trinajstić information content (AvgIpc) is 3.18. The highest BCUT2D eigenvalue weighted by Gasteiger charge is 2.27. The van der Waals surface area contributed by atoms with E-state index in [4.69, 9.17) is 19.2 Å². The lowest BCUT2D eigenvalue weighted by Crippen LogP contribution is -2.45. The van der Waals surface area contributed by atoms with Gasteiger partial charge in [-0.05, 0) is 52.9 Å². The SMILES string of the molecule is CNCC(O)COc1cccc(-c2nc(NC3CCNCC3F)c(C)c(-c3c(C)noc3C)n2)c1. The largest absolute Gasteiger partial charge is 0.491 e. The molecule has 3 aromatic rings. The van der Waals surface area contributed by atoms with Crippen molar-refractivity contribution < 1.29 is 18.8 Å². The maximum Gasteiger partial charge on any atom is 0.162 e. The molecule has 0 aliphatic carbocycles. The lowest BCUT2D eigenvalue weighted by atomic mass is 10.0. The van der Waals surface area contributed by atoms with Gasteiger partial charge in [0.15, 0.2) is 5.82 Å². The summed E-state index contributed by atoms with van der Waals surface area (Å²) in [6, 6.07) is 7.05. The van der Waals surface area contributed by atoms with Crippen molar-refractivity contribution in [2.24, 2.45) is 0 Å². The van der Waals surface area contributed by atoms with E-state index in [-0.39, 0.29) is 12.6 Å². The predicted octanol–water partition coefficient (Wildman–Crippen LogP) is 2.79. The highest BCUT2D eigenvalue weighted by Crippen LogP contribution is 2.34. The van der Waals surface area contributed by atoms with Crippen molar-refractivity contribution in [1.82, 2.24) is 25.8 Å². The summed E-state index contributed by atoms with van der Waals surface area (Å²) in [5.74, 6) is 2.30. The molecule has 35 heavy (non-hydrogen) atoms. The fraction of sp³-hybridized carbons (Fsp3) is 0.480. The van der Waals surface area contributed by atoms with Crippen molar-refractivity contribution in [3.8, 4) is 28.4 Å². The topological polar surface area (TPSA) is 117 Å². The molecule has 0 spiro atoms. The van der Waals surface area contributed by atoms with Crippen LogP contribution in [-0.4, -0.2) is 71.8 Å². The standard InChI is InChI=1S/C25H33FN6O3/c1-14-23(22-15(2)32-35-16(22)3)30-25(31-24(14)29-21-8-9-28-12-20(21)26)17-6-5-7-19(10-17)34-13-18(33)11-27-4/h5-7,10,18,20-21,27-28,33H,8-9,11-13H2,1-4H3,(H,29,30,31). The number of aromatic nitrogens is 3. The minimum absolute atomic E-state index is 0.157. The van der Waals surface area contributed by atoms with Gasteiger partial charge in [-0.25, -0.2) is 14.4 Å². The Labute approximate surface area is 204 Å². The molecule has 4 N–H and O–H groups in total. The number of aliphatic hydroxyl groups excluding tert-OH is 1. The minimum atomic E-state index is -1.02. The van der Waals surface area contributed by atoms with Crippen molar-refractivity contribution in [1.29, 1.82) is 0 Å². The number of ether oxygens (including phenoxy) is 1. The van der Waals surface area contributed by atoms with Gasteiger partial charge in [0.05, 0.1) is 23.0 Å². The minimum Gasteiger partial charge on any atom is -0.491 e.